The molecule has 1 atom stereocenters. The molecule has 0 bridgehead atoms. The molecule has 2 N–H and O–H groups in total. The number of aliphatic hydroxyl groups is 1. The maximum Gasteiger partial charge on any atom is 0.270 e. The van der Waals surface area contributed by atoms with Crippen LogP contribution in [0, 0.1) is 21.4 Å². The average Bonchev–Trinajstić information content (AvgIpc) is 2.59. The molecule has 2 aromatic carbocycles. The summed E-state index contributed by atoms with van der Waals surface area (Å²) in [6, 6.07) is 12.9. The molecular formula is C16H15N3O4. The molecule has 0 fully saturated rings. The lowest BCUT2D eigenvalue weighted by atomic mass is 10.1. The van der Waals surface area contributed by atoms with E-state index in [0.717, 1.165) is 0 Å². The molecule has 1 unspecified atom stereocenters. The zero-order valence-corrected chi connectivity index (χ0v) is 12.4. The Kier molecular flexibility index (Phi) is 5.12. The Bertz CT molecular complexity index is 755. The molecule has 0 heterocycles. The van der Waals surface area contributed by atoms with Gasteiger partial charge in [-0.2, -0.15) is 5.26 Å². The van der Waals surface area contributed by atoms with Gasteiger partial charge in [0.2, 0.25) is 0 Å². The second-order valence-electron chi connectivity index (χ2n) is 4.74. The number of methoxy groups -OCH3 is 1. The van der Waals surface area contributed by atoms with Crippen LogP contribution in [0.4, 0.5) is 11.4 Å². The molecule has 7 heteroatoms. The number of rotatable bonds is 6. The second kappa shape index (κ2) is 7.24. The zero-order valence-electron chi connectivity index (χ0n) is 12.4. The van der Waals surface area contributed by atoms with Crippen LogP contribution in [0.15, 0.2) is 42.5 Å². The summed E-state index contributed by atoms with van der Waals surface area (Å²) in [6.45, 7) is 0.132. The van der Waals surface area contributed by atoms with Crippen molar-refractivity contribution in [2.75, 3.05) is 19.0 Å². The monoisotopic (exact) mass is 313 g/mol. The summed E-state index contributed by atoms with van der Waals surface area (Å²) >= 11 is 0. The first-order chi connectivity index (χ1) is 11.1. The topological polar surface area (TPSA) is 108 Å². The molecule has 23 heavy (non-hydrogen) atoms. The minimum atomic E-state index is -0.854. The van der Waals surface area contributed by atoms with Crippen LogP contribution in [0.2, 0.25) is 0 Å². The van der Waals surface area contributed by atoms with Crippen molar-refractivity contribution in [1.82, 2.24) is 0 Å². The Hall–Kier alpha value is -3.11. The number of ether oxygens (including phenoxy) is 1. The molecule has 0 spiro atoms. The summed E-state index contributed by atoms with van der Waals surface area (Å²) < 4.78 is 5.19. The molecule has 0 radical (unpaired) electrons. The smallest absolute Gasteiger partial charge is 0.270 e. The first kappa shape index (κ1) is 16.3. The van der Waals surface area contributed by atoms with Crippen molar-refractivity contribution in [2.45, 2.75) is 6.10 Å². The largest absolute Gasteiger partial charge is 0.496 e. The second-order valence-corrected chi connectivity index (χ2v) is 4.74. The summed E-state index contributed by atoms with van der Waals surface area (Å²) in [5.41, 5.74) is 1.03. The van der Waals surface area contributed by atoms with Crippen LogP contribution in [0.1, 0.15) is 17.2 Å². The molecule has 0 aliphatic carbocycles. The third kappa shape index (κ3) is 3.75. The molecule has 0 aliphatic rings. The normalized spacial score (nSPS) is 11.3. The summed E-state index contributed by atoms with van der Waals surface area (Å²) in [5.74, 6) is 0.561. The third-order valence-electron chi connectivity index (χ3n) is 3.32. The molecule has 118 valence electrons. The number of non-ortho nitro benzene ring substituents is 1. The first-order valence-corrected chi connectivity index (χ1v) is 6.80. The Balaban J connectivity index is 2.14. The van der Waals surface area contributed by atoms with E-state index in [1.807, 2.05) is 6.07 Å². The Morgan fingerprint density at radius 1 is 1.39 bits per heavy atom. The predicted octanol–water partition coefficient (Wildman–Crippen LogP) is 2.62. The molecule has 0 saturated carbocycles. The molecule has 7 nitrogen and oxygen atoms in total. The summed E-state index contributed by atoms with van der Waals surface area (Å²) in [7, 11) is 1.52. The maximum atomic E-state index is 10.7. The van der Waals surface area contributed by atoms with Crippen LogP contribution in [0.5, 0.6) is 5.75 Å². The van der Waals surface area contributed by atoms with Crippen molar-refractivity contribution >= 4 is 11.4 Å². The fourth-order valence-corrected chi connectivity index (χ4v) is 2.15. The van der Waals surface area contributed by atoms with E-state index in [-0.39, 0.29) is 17.8 Å². The molecule has 0 amide bonds. The van der Waals surface area contributed by atoms with Gasteiger partial charge in [0.05, 0.1) is 29.4 Å². The highest BCUT2D eigenvalue weighted by molar-refractivity contribution is 5.61. The lowest BCUT2D eigenvalue weighted by molar-refractivity contribution is -0.384. The van der Waals surface area contributed by atoms with Gasteiger partial charge in [-0.25, -0.2) is 0 Å². The van der Waals surface area contributed by atoms with Crippen molar-refractivity contribution < 1.29 is 14.8 Å². The van der Waals surface area contributed by atoms with Crippen LogP contribution >= 0.6 is 0 Å². The lowest BCUT2D eigenvalue weighted by Crippen LogP contribution is -2.13. The van der Waals surface area contributed by atoms with E-state index in [1.165, 1.54) is 25.3 Å². The number of para-hydroxylation sites is 1. The lowest BCUT2D eigenvalue weighted by Gasteiger charge is -2.16. The van der Waals surface area contributed by atoms with Crippen LogP contribution in [0.3, 0.4) is 0 Å². The molecule has 0 saturated heterocycles. The number of nitriles is 1. The van der Waals surface area contributed by atoms with Crippen LogP contribution in [-0.2, 0) is 0 Å². The van der Waals surface area contributed by atoms with Gasteiger partial charge in [-0.3, -0.25) is 10.1 Å². The average molecular weight is 313 g/mol. The van der Waals surface area contributed by atoms with Crippen molar-refractivity contribution in [3.05, 3.63) is 63.7 Å². The van der Waals surface area contributed by atoms with Gasteiger partial charge >= 0.3 is 0 Å². The maximum absolute atomic E-state index is 10.7. The number of anilines is 1. The van der Waals surface area contributed by atoms with E-state index in [2.05, 4.69) is 5.32 Å². The number of hydrogen-bond acceptors (Lipinski definition) is 6. The third-order valence-corrected chi connectivity index (χ3v) is 3.32. The van der Waals surface area contributed by atoms with Gasteiger partial charge in [0.1, 0.15) is 11.8 Å². The standard InChI is InChI=1S/C16H15N3O4/c1-23-16-5-3-2-4-13(16)15(20)10-18-14-7-6-12(19(21)22)8-11(14)9-17/h2-8,15,18,20H,10H2,1H3. The quantitative estimate of drug-likeness (QED) is 0.627. The molecule has 0 aliphatic heterocycles. The first-order valence-electron chi connectivity index (χ1n) is 6.80. The number of nitro groups is 1. The zero-order chi connectivity index (χ0) is 16.8. The van der Waals surface area contributed by atoms with Crippen LogP contribution in [0.25, 0.3) is 0 Å². The highest BCUT2D eigenvalue weighted by atomic mass is 16.6. The van der Waals surface area contributed by atoms with E-state index in [4.69, 9.17) is 10.00 Å². The highest BCUT2D eigenvalue weighted by Crippen LogP contribution is 2.26. The number of hydrogen-bond donors (Lipinski definition) is 2. The van der Waals surface area contributed by atoms with E-state index in [0.29, 0.717) is 17.0 Å². The van der Waals surface area contributed by atoms with Gasteiger partial charge in [-0.15, -0.1) is 0 Å². The SMILES string of the molecule is COc1ccccc1C(O)CNc1ccc([N+](=O)[O-])cc1C#N. The summed E-state index contributed by atoms with van der Waals surface area (Å²) in [5, 5.41) is 33.0. The number of nitro benzene ring substituents is 1. The van der Waals surface area contributed by atoms with E-state index in [1.54, 1.807) is 24.3 Å². The van der Waals surface area contributed by atoms with Crippen LogP contribution < -0.4 is 10.1 Å². The number of aliphatic hydroxyl groups excluding tert-OH is 1. The highest BCUT2D eigenvalue weighted by Gasteiger charge is 2.15. The number of nitrogens with one attached hydrogen (secondary N) is 1. The number of nitrogens with zero attached hydrogens (tertiary/aromatic N) is 2. The van der Waals surface area contributed by atoms with E-state index < -0.39 is 11.0 Å². The van der Waals surface area contributed by atoms with Crippen molar-refractivity contribution in [1.29, 1.82) is 5.26 Å². The van der Waals surface area contributed by atoms with Gasteiger partial charge in [0, 0.05) is 24.2 Å². The van der Waals surface area contributed by atoms with Gasteiger partial charge < -0.3 is 15.2 Å². The molecule has 0 aromatic heterocycles. The Morgan fingerprint density at radius 3 is 2.78 bits per heavy atom. The Labute approximate surface area is 132 Å². The van der Waals surface area contributed by atoms with Gasteiger partial charge in [0.15, 0.2) is 0 Å². The molecular weight excluding hydrogens is 298 g/mol. The van der Waals surface area contributed by atoms with Gasteiger partial charge in [-0.1, -0.05) is 18.2 Å². The van der Waals surface area contributed by atoms with Gasteiger partial charge in [-0.05, 0) is 12.1 Å². The fraction of sp³-hybridized carbons (Fsp3) is 0.188. The van der Waals surface area contributed by atoms with Crippen molar-refractivity contribution in [3.63, 3.8) is 0 Å². The minimum Gasteiger partial charge on any atom is -0.496 e. The van der Waals surface area contributed by atoms with Crippen molar-refractivity contribution in [2.24, 2.45) is 0 Å². The summed E-state index contributed by atoms with van der Waals surface area (Å²) in [4.78, 5) is 10.2. The fourth-order valence-electron chi connectivity index (χ4n) is 2.15. The number of benzene rings is 2. The van der Waals surface area contributed by atoms with E-state index >= 15 is 0 Å². The minimum absolute atomic E-state index is 0.132. The van der Waals surface area contributed by atoms with Crippen LogP contribution in [-0.4, -0.2) is 23.7 Å². The predicted molar refractivity (Wildman–Crippen MR) is 84.3 cm³/mol. The van der Waals surface area contributed by atoms with Gasteiger partial charge in [0.25, 0.3) is 5.69 Å². The Morgan fingerprint density at radius 2 is 2.13 bits per heavy atom. The summed E-state index contributed by atoms with van der Waals surface area (Å²) in [6.07, 6.45) is -0.854. The molecule has 2 aromatic rings. The van der Waals surface area contributed by atoms with Crippen molar-refractivity contribution in [3.8, 4) is 11.8 Å². The van der Waals surface area contributed by atoms with E-state index in [9.17, 15) is 15.2 Å². The molecule has 2 rings (SSSR count).